The maximum atomic E-state index is 12.1. The van der Waals surface area contributed by atoms with Crippen LogP contribution in [-0.2, 0) is 9.59 Å². The molecule has 0 spiro atoms. The van der Waals surface area contributed by atoms with Crippen molar-refractivity contribution in [2.24, 2.45) is 0 Å². The second-order valence-electron chi connectivity index (χ2n) is 5.47. The molecular weight excluding hydrogens is 341 g/mol. The number of aliphatic carboxylic acids is 1. The van der Waals surface area contributed by atoms with Crippen LogP contribution in [0.4, 0.5) is 13.2 Å². The molecule has 1 aromatic carbocycles. The predicted octanol–water partition coefficient (Wildman–Crippen LogP) is 2.61. The van der Waals surface area contributed by atoms with Crippen molar-refractivity contribution in [2.45, 2.75) is 45.1 Å². The van der Waals surface area contributed by atoms with Crippen LogP contribution in [0, 0.1) is 0 Å². The lowest BCUT2D eigenvalue weighted by Gasteiger charge is -2.17. The van der Waals surface area contributed by atoms with E-state index in [-0.39, 0.29) is 12.3 Å². The number of carboxylic acids is 1. The summed E-state index contributed by atoms with van der Waals surface area (Å²) in [5.74, 6) is -1.78. The maximum Gasteiger partial charge on any atom is 0.573 e. The quantitative estimate of drug-likeness (QED) is 0.629. The van der Waals surface area contributed by atoms with Crippen LogP contribution in [0.25, 0.3) is 0 Å². The molecule has 0 saturated heterocycles. The molecule has 0 fully saturated rings. The number of rotatable bonds is 9. The van der Waals surface area contributed by atoms with Crippen LogP contribution >= 0.6 is 0 Å². The Hall–Kier alpha value is -2.29. The lowest BCUT2D eigenvalue weighted by Crippen LogP contribution is -2.43. The minimum atomic E-state index is -4.76. The van der Waals surface area contributed by atoms with Crippen LogP contribution in [0.2, 0.25) is 0 Å². The van der Waals surface area contributed by atoms with Gasteiger partial charge in [0, 0.05) is 0 Å². The molecule has 1 rings (SSSR count). The average molecular weight is 362 g/mol. The van der Waals surface area contributed by atoms with Crippen molar-refractivity contribution in [3.05, 3.63) is 29.8 Å². The second-order valence-corrected chi connectivity index (χ2v) is 5.47. The molecule has 0 aromatic heterocycles. The largest absolute Gasteiger partial charge is 0.573 e. The average Bonchev–Trinajstić information content (AvgIpc) is 2.50. The number of hydrogen-bond acceptors (Lipinski definition) is 4. The Kier molecular flexibility index (Phi) is 7.69. The van der Waals surface area contributed by atoms with Gasteiger partial charge in [0.15, 0.2) is 0 Å². The lowest BCUT2D eigenvalue weighted by molar-refractivity contribution is -0.274. The SMILES string of the molecule is CCCC(NCC(=O)NC(C)c1ccc(OC(F)(F)F)cc1)C(=O)O. The van der Waals surface area contributed by atoms with Crippen molar-refractivity contribution in [2.75, 3.05) is 6.54 Å². The smallest absolute Gasteiger partial charge is 0.480 e. The minimum Gasteiger partial charge on any atom is -0.480 e. The number of carbonyl (C=O) groups is 2. The molecule has 1 amide bonds. The molecule has 0 aliphatic rings. The number of ether oxygens (including phenoxy) is 1. The van der Waals surface area contributed by atoms with E-state index in [1.807, 2.05) is 6.92 Å². The summed E-state index contributed by atoms with van der Waals surface area (Å²) < 4.78 is 40.1. The molecule has 2 atom stereocenters. The van der Waals surface area contributed by atoms with Crippen molar-refractivity contribution in [1.29, 1.82) is 0 Å². The predicted molar refractivity (Wildman–Crippen MR) is 84.0 cm³/mol. The first-order valence-electron chi connectivity index (χ1n) is 7.73. The van der Waals surface area contributed by atoms with Gasteiger partial charge in [-0.2, -0.15) is 0 Å². The molecule has 0 bridgehead atoms. The zero-order chi connectivity index (χ0) is 19.0. The van der Waals surface area contributed by atoms with Crippen LogP contribution in [0.3, 0.4) is 0 Å². The number of nitrogens with one attached hydrogen (secondary N) is 2. The van der Waals surface area contributed by atoms with Gasteiger partial charge < -0.3 is 15.2 Å². The monoisotopic (exact) mass is 362 g/mol. The normalized spacial score (nSPS) is 13.8. The topological polar surface area (TPSA) is 87.7 Å². The van der Waals surface area contributed by atoms with E-state index in [4.69, 9.17) is 5.11 Å². The van der Waals surface area contributed by atoms with E-state index in [0.717, 1.165) is 12.1 Å². The Balaban J connectivity index is 2.53. The number of benzene rings is 1. The number of carbonyl (C=O) groups excluding carboxylic acids is 1. The molecule has 1 aromatic rings. The van der Waals surface area contributed by atoms with E-state index in [1.165, 1.54) is 12.1 Å². The summed E-state index contributed by atoms with van der Waals surface area (Å²) in [4.78, 5) is 22.9. The molecule has 0 heterocycles. The number of alkyl halides is 3. The molecule has 0 radical (unpaired) electrons. The van der Waals surface area contributed by atoms with Crippen LogP contribution in [0.15, 0.2) is 24.3 Å². The van der Waals surface area contributed by atoms with Crippen LogP contribution < -0.4 is 15.4 Å². The first-order valence-corrected chi connectivity index (χ1v) is 7.73. The third kappa shape index (κ3) is 7.88. The fourth-order valence-electron chi connectivity index (χ4n) is 2.15. The summed E-state index contributed by atoms with van der Waals surface area (Å²) in [6.07, 6.45) is -3.70. The highest BCUT2D eigenvalue weighted by atomic mass is 19.4. The summed E-state index contributed by atoms with van der Waals surface area (Å²) in [6, 6.07) is 3.89. The second kappa shape index (κ2) is 9.26. The molecular formula is C16H21F3N2O4. The third-order valence-corrected chi connectivity index (χ3v) is 3.38. The van der Waals surface area contributed by atoms with Gasteiger partial charge in [0.2, 0.25) is 5.91 Å². The van der Waals surface area contributed by atoms with Crippen molar-refractivity contribution in [1.82, 2.24) is 10.6 Å². The number of carboxylic acid groups (broad SMARTS) is 1. The molecule has 0 aliphatic heterocycles. The van der Waals surface area contributed by atoms with Gasteiger partial charge in [0.25, 0.3) is 0 Å². The summed E-state index contributed by atoms with van der Waals surface area (Å²) in [5, 5.41) is 14.3. The van der Waals surface area contributed by atoms with E-state index < -0.39 is 30.3 Å². The highest BCUT2D eigenvalue weighted by Gasteiger charge is 2.31. The van der Waals surface area contributed by atoms with E-state index in [2.05, 4.69) is 15.4 Å². The van der Waals surface area contributed by atoms with Gasteiger partial charge in [-0.05, 0) is 31.0 Å². The van der Waals surface area contributed by atoms with Gasteiger partial charge in [-0.25, -0.2) is 0 Å². The van der Waals surface area contributed by atoms with E-state index in [1.54, 1.807) is 6.92 Å². The third-order valence-electron chi connectivity index (χ3n) is 3.38. The van der Waals surface area contributed by atoms with Gasteiger partial charge in [-0.1, -0.05) is 25.5 Å². The molecule has 9 heteroatoms. The van der Waals surface area contributed by atoms with Gasteiger partial charge in [0.05, 0.1) is 12.6 Å². The van der Waals surface area contributed by atoms with E-state index in [0.29, 0.717) is 18.4 Å². The minimum absolute atomic E-state index is 0.170. The number of halogens is 3. The summed E-state index contributed by atoms with van der Waals surface area (Å²) in [7, 11) is 0. The maximum absolute atomic E-state index is 12.1. The molecule has 25 heavy (non-hydrogen) atoms. The van der Waals surface area contributed by atoms with Crippen LogP contribution in [0.1, 0.15) is 38.3 Å². The Morgan fingerprint density at radius 1 is 1.24 bits per heavy atom. The molecule has 0 aliphatic carbocycles. The Morgan fingerprint density at radius 2 is 1.84 bits per heavy atom. The molecule has 3 N–H and O–H groups in total. The van der Waals surface area contributed by atoms with E-state index >= 15 is 0 Å². The van der Waals surface area contributed by atoms with Gasteiger partial charge in [-0.3, -0.25) is 14.9 Å². The highest BCUT2D eigenvalue weighted by Crippen LogP contribution is 2.24. The van der Waals surface area contributed by atoms with Gasteiger partial charge >= 0.3 is 12.3 Å². The van der Waals surface area contributed by atoms with Gasteiger partial charge in [0.1, 0.15) is 11.8 Å². The first kappa shape index (κ1) is 20.8. The molecule has 140 valence electrons. The fraction of sp³-hybridized carbons (Fsp3) is 0.500. The zero-order valence-corrected chi connectivity index (χ0v) is 13.9. The number of amides is 1. The van der Waals surface area contributed by atoms with Crippen molar-refractivity contribution < 1.29 is 32.6 Å². The van der Waals surface area contributed by atoms with Crippen molar-refractivity contribution in [3.63, 3.8) is 0 Å². The fourth-order valence-corrected chi connectivity index (χ4v) is 2.15. The van der Waals surface area contributed by atoms with Crippen molar-refractivity contribution >= 4 is 11.9 Å². The lowest BCUT2D eigenvalue weighted by atomic mass is 10.1. The molecule has 0 saturated carbocycles. The summed E-state index contributed by atoms with van der Waals surface area (Å²) in [6.45, 7) is 3.33. The van der Waals surface area contributed by atoms with Crippen LogP contribution in [0.5, 0.6) is 5.75 Å². The Bertz CT molecular complexity index is 576. The highest BCUT2D eigenvalue weighted by molar-refractivity contribution is 5.80. The molecule has 2 unspecified atom stereocenters. The Labute approximate surface area is 143 Å². The van der Waals surface area contributed by atoms with Crippen molar-refractivity contribution in [3.8, 4) is 5.75 Å². The van der Waals surface area contributed by atoms with E-state index in [9.17, 15) is 22.8 Å². The first-order chi connectivity index (χ1) is 11.6. The molecule has 6 nitrogen and oxygen atoms in total. The van der Waals surface area contributed by atoms with Gasteiger partial charge in [-0.15, -0.1) is 13.2 Å². The summed E-state index contributed by atoms with van der Waals surface area (Å²) >= 11 is 0. The number of hydrogen-bond donors (Lipinski definition) is 3. The summed E-state index contributed by atoms with van der Waals surface area (Å²) in [5.41, 5.74) is 0.589. The van der Waals surface area contributed by atoms with Crippen LogP contribution in [-0.4, -0.2) is 35.9 Å². The standard InChI is InChI=1S/C16H21F3N2O4/c1-3-4-13(15(23)24)20-9-14(22)21-10(2)11-5-7-12(8-6-11)25-16(17,18)19/h5-8,10,13,20H,3-4,9H2,1-2H3,(H,21,22)(H,23,24). The Morgan fingerprint density at radius 3 is 2.32 bits per heavy atom. The zero-order valence-electron chi connectivity index (χ0n) is 13.9.